The number of anilines is 1. The van der Waals surface area contributed by atoms with Crippen LogP contribution in [0.4, 0.5) is 5.69 Å². The predicted molar refractivity (Wildman–Crippen MR) is 132 cm³/mol. The molecular formula is C26H31N5O5. The first-order chi connectivity index (χ1) is 17.3. The van der Waals surface area contributed by atoms with Crippen LogP contribution in [0.25, 0.3) is 0 Å². The number of ketones is 1. The third kappa shape index (κ3) is 6.18. The number of carbonyl (C=O) groups excluding carboxylic acids is 4. The van der Waals surface area contributed by atoms with Gasteiger partial charge in [0, 0.05) is 25.2 Å². The molecule has 2 aliphatic rings. The number of rotatable bonds is 11. The van der Waals surface area contributed by atoms with Gasteiger partial charge >= 0.3 is 0 Å². The Labute approximate surface area is 208 Å². The molecule has 190 valence electrons. The molecule has 0 radical (unpaired) electrons. The molecule has 5 N–H and O–H groups in total. The van der Waals surface area contributed by atoms with Crippen molar-refractivity contribution in [3.63, 3.8) is 0 Å². The van der Waals surface area contributed by atoms with Crippen molar-refractivity contribution in [2.45, 2.75) is 50.7 Å². The van der Waals surface area contributed by atoms with Crippen LogP contribution in [-0.2, 0) is 25.7 Å². The fourth-order valence-electron chi connectivity index (χ4n) is 4.47. The minimum absolute atomic E-state index is 0.00284. The van der Waals surface area contributed by atoms with Gasteiger partial charge in [0.1, 0.15) is 6.04 Å². The van der Waals surface area contributed by atoms with Gasteiger partial charge in [0.25, 0.3) is 11.5 Å². The molecule has 0 bridgehead atoms. The maximum atomic E-state index is 13.4. The quantitative estimate of drug-likeness (QED) is 0.338. The van der Waals surface area contributed by atoms with Crippen LogP contribution >= 0.6 is 0 Å². The second-order valence-electron chi connectivity index (χ2n) is 9.48. The third-order valence-corrected chi connectivity index (χ3v) is 6.73. The van der Waals surface area contributed by atoms with Crippen LogP contribution in [0.5, 0.6) is 0 Å². The Balaban J connectivity index is 1.52. The normalized spacial score (nSPS) is 18.7. The van der Waals surface area contributed by atoms with Crippen LogP contribution in [0.1, 0.15) is 43.7 Å². The van der Waals surface area contributed by atoms with Gasteiger partial charge in [0.15, 0.2) is 0 Å². The molecular weight excluding hydrogens is 462 g/mol. The molecule has 3 amide bonds. The monoisotopic (exact) mass is 493 g/mol. The number of amides is 3. The molecule has 1 aromatic heterocycles. The Kier molecular flexibility index (Phi) is 7.82. The SMILES string of the molecule is Nc1cccn([C@@H](CC2CC2)C(=O)NC(C[C@@H]2CCNC2=O)C(=O)C(=O)NCc2ccccc2)c1=O. The van der Waals surface area contributed by atoms with Crippen LogP contribution < -0.4 is 27.2 Å². The summed E-state index contributed by atoms with van der Waals surface area (Å²) in [6.07, 6.45) is 4.32. The van der Waals surface area contributed by atoms with Crippen molar-refractivity contribution < 1.29 is 19.2 Å². The van der Waals surface area contributed by atoms with E-state index in [4.69, 9.17) is 5.73 Å². The zero-order valence-corrected chi connectivity index (χ0v) is 19.9. The lowest BCUT2D eigenvalue weighted by Gasteiger charge is -2.24. The summed E-state index contributed by atoms with van der Waals surface area (Å²) in [5, 5.41) is 8.01. The average molecular weight is 494 g/mol. The summed E-state index contributed by atoms with van der Waals surface area (Å²) in [5.41, 5.74) is 6.13. The first-order valence-corrected chi connectivity index (χ1v) is 12.2. The van der Waals surface area contributed by atoms with Gasteiger partial charge in [-0.2, -0.15) is 0 Å². The summed E-state index contributed by atoms with van der Waals surface area (Å²) < 4.78 is 1.28. The van der Waals surface area contributed by atoms with E-state index in [1.54, 1.807) is 6.07 Å². The summed E-state index contributed by atoms with van der Waals surface area (Å²) >= 11 is 0. The fourth-order valence-corrected chi connectivity index (χ4v) is 4.47. The van der Waals surface area contributed by atoms with Gasteiger partial charge in [-0.3, -0.25) is 24.0 Å². The third-order valence-electron chi connectivity index (χ3n) is 6.73. The number of carbonyl (C=O) groups is 4. The Morgan fingerprint density at radius 1 is 1.03 bits per heavy atom. The summed E-state index contributed by atoms with van der Waals surface area (Å²) in [6, 6.07) is 10.1. The van der Waals surface area contributed by atoms with Crippen LogP contribution in [0, 0.1) is 11.8 Å². The first kappa shape index (κ1) is 25.2. The maximum absolute atomic E-state index is 13.4. The van der Waals surface area contributed by atoms with E-state index in [0.717, 1.165) is 18.4 Å². The van der Waals surface area contributed by atoms with Gasteiger partial charge in [-0.05, 0) is 42.9 Å². The van der Waals surface area contributed by atoms with Gasteiger partial charge in [0.2, 0.25) is 17.6 Å². The predicted octanol–water partition coefficient (Wildman–Crippen LogP) is 0.668. The van der Waals surface area contributed by atoms with E-state index in [1.807, 2.05) is 30.3 Å². The van der Waals surface area contributed by atoms with Gasteiger partial charge in [-0.15, -0.1) is 0 Å². The number of nitrogens with two attached hydrogens (primary N) is 1. The number of nitrogen functional groups attached to an aromatic ring is 1. The molecule has 0 spiro atoms. The number of hydrogen-bond acceptors (Lipinski definition) is 6. The molecule has 2 heterocycles. The van der Waals surface area contributed by atoms with Crippen molar-refractivity contribution in [3.8, 4) is 0 Å². The number of nitrogens with zero attached hydrogens (tertiary/aromatic N) is 1. The zero-order chi connectivity index (χ0) is 25.7. The van der Waals surface area contributed by atoms with Crippen molar-refractivity contribution in [2.75, 3.05) is 12.3 Å². The van der Waals surface area contributed by atoms with Crippen molar-refractivity contribution in [3.05, 3.63) is 64.6 Å². The van der Waals surface area contributed by atoms with Crippen molar-refractivity contribution in [2.24, 2.45) is 11.8 Å². The van der Waals surface area contributed by atoms with Crippen LogP contribution in [-0.4, -0.2) is 40.7 Å². The van der Waals surface area contributed by atoms with Crippen molar-refractivity contribution in [1.29, 1.82) is 0 Å². The van der Waals surface area contributed by atoms with Crippen molar-refractivity contribution in [1.82, 2.24) is 20.5 Å². The molecule has 1 saturated carbocycles. The number of benzene rings is 1. The van der Waals surface area contributed by atoms with E-state index < -0.39 is 41.2 Å². The molecule has 1 saturated heterocycles. The standard InChI is InChI=1S/C26H31N5O5/c27-19-7-4-12-31(26(19)36)21(13-16-8-9-16)24(34)30-20(14-18-10-11-28-23(18)33)22(32)25(35)29-15-17-5-2-1-3-6-17/h1-7,12,16,18,20-21H,8-11,13-15,27H2,(H,28,33)(H,29,35)(H,30,34)/t18-,20?,21-/m0/s1. The molecule has 1 aliphatic carbocycles. The maximum Gasteiger partial charge on any atom is 0.289 e. The van der Waals surface area contributed by atoms with E-state index in [-0.39, 0.29) is 30.5 Å². The highest BCUT2D eigenvalue weighted by Gasteiger charge is 2.37. The minimum Gasteiger partial charge on any atom is -0.394 e. The number of pyridine rings is 1. The zero-order valence-electron chi connectivity index (χ0n) is 19.9. The number of Topliss-reactive ketones (excluding diaryl/α,β-unsaturated/α-hetero) is 1. The highest BCUT2D eigenvalue weighted by atomic mass is 16.2. The Bertz CT molecular complexity index is 1190. The summed E-state index contributed by atoms with van der Waals surface area (Å²) in [5.74, 6) is -2.65. The van der Waals surface area contributed by atoms with Gasteiger partial charge in [-0.25, -0.2) is 0 Å². The average Bonchev–Trinajstić information content (AvgIpc) is 3.62. The second-order valence-corrected chi connectivity index (χ2v) is 9.48. The fraction of sp³-hybridized carbons (Fsp3) is 0.423. The molecule has 1 unspecified atom stereocenters. The largest absolute Gasteiger partial charge is 0.394 e. The number of aromatic nitrogens is 1. The molecule has 2 fully saturated rings. The van der Waals surface area contributed by atoms with Crippen LogP contribution in [0.2, 0.25) is 0 Å². The molecule has 10 nitrogen and oxygen atoms in total. The summed E-state index contributed by atoms with van der Waals surface area (Å²) in [6.45, 7) is 0.626. The molecule has 1 aliphatic heterocycles. The van der Waals surface area contributed by atoms with Crippen LogP contribution in [0.15, 0.2) is 53.5 Å². The van der Waals surface area contributed by atoms with E-state index in [9.17, 15) is 24.0 Å². The summed E-state index contributed by atoms with van der Waals surface area (Å²) in [4.78, 5) is 64.2. The van der Waals surface area contributed by atoms with E-state index in [2.05, 4.69) is 16.0 Å². The van der Waals surface area contributed by atoms with Gasteiger partial charge < -0.3 is 26.3 Å². The smallest absolute Gasteiger partial charge is 0.289 e. The Morgan fingerprint density at radius 2 is 1.78 bits per heavy atom. The molecule has 10 heteroatoms. The Hall–Kier alpha value is -3.95. The van der Waals surface area contributed by atoms with Crippen LogP contribution in [0.3, 0.4) is 0 Å². The highest BCUT2D eigenvalue weighted by molar-refractivity contribution is 6.38. The lowest BCUT2D eigenvalue weighted by molar-refractivity contribution is -0.141. The minimum atomic E-state index is -1.21. The lowest BCUT2D eigenvalue weighted by atomic mass is 9.94. The van der Waals surface area contributed by atoms with Gasteiger partial charge in [0.05, 0.1) is 11.7 Å². The number of hydrogen-bond donors (Lipinski definition) is 4. The molecule has 2 aromatic rings. The van der Waals surface area contributed by atoms with E-state index in [1.165, 1.54) is 16.8 Å². The number of nitrogens with one attached hydrogen (secondary N) is 3. The molecule has 4 rings (SSSR count). The van der Waals surface area contributed by atoms with Gasteiger partial charge in [-0.1, -0.05) is 43.2 Å². The van der Waals surface area contributed by atoms with Crippen molar-refractivity contribution >= 4 is 29.2 Å². The molecule has 3 atom stereocenters. The van der Waals surface area contributed by atoms with E-state index in [0.29, 0.717) is 19.4 Å². The summed E-state index contributed by atoms with van der Waals surface area (Å²) in [7, 11) is 0. The second kappa shape index (κ2) is 11.2. The Morgan fingerprint density at radius 3 is 2.44 bits per heavy atom. The van der Waals surface area contributed by atoms with E-state index >= 15 is 0 Å². The lowest BCUT2D eigenvalue weighted by Crippen LogP contribution is -2.51. The molecule has 1 aromatic carbocycles. The topological polar surface area (TPSA) is 152 Å². The molecule has 36 heavy (non-hydrogen) atoms. The highest BCUT2D eigenvalue weighted by Crippen LogP contribution is 2.36. The first-order valence-electron chi connectivity index (χ1n) is 12.2.